The molecule has 1 aliphatic heterocycles. The summed E-state index contributed by atoms with van der Waals surface area (Å²) in [4.78, 5) is 8.62. The van der Waals surface area contributed by atoms with E-state index in [-0.39, 0.29) is 11.8 Å². The zero-order valence-electron chi connectivity index (χ0n) is 13.0. The van der Waals surface area contributed by atoms with Gasteiger partial charge in [-0.3, -0.25) is 4.98 Å². The molecule has 1 unspecified atom stereocenters. The Morgan fingerprint density at radius 3 is 2.78 bits per heavy atom. The lowest BCUT2D eigenvalue weighted by molar-refractivity contribution is 0.389. The summed E-state index contributed by atoms with van der Waals surface area (Å²) in [5.74, 6) is 0.665. The summed E-state index contributed by atoms with van der Waals surface area (Å²) >= 11 is 0. The second-order valence-electron chi connectivity index (χ2n) is 5.59. The molecule has 1 aromatic heterocycles. The minimum absolute atomic E-state index is 0.0173. The van der Waals surface area contributed by atoms with E-state index in [9.17, 15) is 8.42 Å². The number of benzene rings is 1. The van der Waals surface area contributed by atoms with Crippen molar-refractivity contribution in [3.05, 3.63) is 54.0 Å². The normalized spacial score (nSPS) is 18.9. The number of nitrogens with zero attached hydrogens (tertiary/aromatic N) is 3. The molecule has 0 saturated carbocycles. The Morgan fingerprint density at radius 2 is 2.04 bits per heavy atom. The van der Waals surface area contributed by atoms with Gasteiger partial charge in [-0.1, -0.05) is 30.3 Å². The molecule has 3 rings (SSSR count). The molecule has 1 aromatic carbocycles. The van der Waals surface area contributed by atoms with E-state index in [0.717, 1.165) is 18.4 Å². The van der Waals surface area contributed by atoms with Gasteiger partial charge >= 0.3 is 0 Å². The molecule has 1 aliphatic rings. The second kappa shape index (κ2) is 6.64. The quantitative estimate of drug-likeness (QED) is 0.908. The minimum atomic E-state index is -3.38. The largest absolute Gasteiger partial charge is 0.372 e. The first kappa shape index (κ1) is 15.9. The van der Waals surface area contributed by atoms with Crippen LogP contribution in [0.1, 0.15) is 30.1 Å². The molecule has 6 nitrogen and oxygen atoms in total. The summed E-state index contributed by atoms with van der Waals surface area (Å²) < 4.78 is 27.2. The van der Waals surface area contributed by atoms with E-state index in [4.69, 9.17) is 0 Å². The second-order valence-corrected chi connectivity index (χ2v) is 7.51. The van der Waals surface area contributed by atoms with Crippen LogP contribution in [0.15, 0.2) is 42.7 Å². The Hall–Kier alpha value is -1.99. The van der Waals surface area contributed by atoms with Crippen LogP contribution in [0.2, 0.25) is 0 Å². The molecule has 1 fully saturated rings. The number of sulfonamides is 1. The van der Waals surface area contributed by atoms with E-state index in [1.807, 2.05) is 30.3 Å². The van der Waals surface area contributed by atoms with Gasteiger partial charge in [0.1, 0.15) is 5.82 Å². The van der Waals surface area contributed by atoms with Crippen LogP contribution in [0.25, 0.3) is 0 Å². The van der Waals surface area contributed by atoms with Crippen LogP contribution < -0.4 is 5.32 Å². The van der Waals surface area contributed by atoms with Crippen molar-refractivity contribution in [2.24, 2.45) is 0 Å². The van der Waals surface area contributed by atoms with Crippen LogP contribution in [0.3, 0.4) is 0 Å². The summed E-state index contributed by atoms with van der Waals surface area (Å²) in [5, 5.41) is 2.94. The van der Waals surface area contributed by atoms with Crippen LogP contribution in [-0.4, -0.2) is 36.3 Å². The van der Waals surface area contributed by atoms with Gasteiger partial charge in [-0.05, 0) is 18.4 Å². The minimum Gasteiger partial charge on any atom is -0.372 e. The van der Waals surface area contributed by atoms with Gasteiger partial charge in [-0.2, -0.15) is 4.31 Å². The maximum atomic E-state index is 12.8. The highest BCUT2D eigenvalue weighted by Crippen LogP contribution is 2.34. The van der Waals surface area contributed by atoms with Gasteiger partial charge < -0.3 is 5.32 Å². The van der Waals surface area contributed by atoms with Crippen LogP contribution >= 0.6 is 0 Å². The van der Waals surface area contributed by atoms with Gasteiger partial charge in [-0.25, -0.2) is 13.4 Å². The SMILES string of the molecule is CNc1cncc(C2CCCN2S(=O)(=O)Cc2ccccc2)n1. The fraction of sp³-hybridized carbons (Fsp3) is 0.375. The number of nitrogens with one attached hydrogen (secondary N) is 1. The fourth-order valence-electron chi connectivity index (χ4n) is 2.90. The predicted octanol–water partition coefficient (Wildman–Crippen LogP) is 2.19. The number of rotatable bonds is 5. The Morgan fingerprint density at radius 1 is 1.26 bits per heavy atom. The van der Waals surface area contributed by atoms with E-state index in [1.165, 1.54) is 0 Å². The van der Waals surface area contributed by atoms with Crippen LogP contribution in [-0.2, 0) is 15.8 Å². The Bertz CT molecular complexity index is 765. The van der Waals surface area contributed by atoms with E-state index >= 15 is 0 Å². The monoisotopic (exact) mass is 332 g/mol. The molecule has 1 atom stereocenters. The number of aromatic nitrogens is 2. The molecule has 0 bridgehead atoms. The predicted molar refractivity (Wildman–Crippen MR) is 89.3 cm³/mol. The highest BCUT2D eigenvalue weighted by atomic mass is 32.2. The molecule has 1 N–H and O–H groups in total. The molecule has 7 heteroatoms. The van der Waals surface area contributed by atoms with Crippen molar-refractivity contribution >= 4 is 15.8 Å². The van der Waals surface area contributed by atoms with Crippen molar-refractivity contribution < 1.29 is 8.42 Å². The summed E-state index contributed by atoms with van der Waals surface area (Å²) in [5.41, 5.74) is 1.50. The van der Waals surface area contributed by atoms with Crippen LogP contribution in [0.5, 0.6) is 0 Å². The zero-order chi connectivity index (χ0) is 16.3. The van der Waals surface area contributed by atoms with Gasteiger partial charge in [0.25, 0.3) is 0 Å². The third-order valence-electron chi connectivity index (χ3n) is 4.00. The topological polar surface area (TPSA) is 75.2 Å². The lowest BCUT2D eigenvalue weighted by atomic mass is 10.2. The highest BCUT2D eigenvalue weighted by molar-refractivity contribution is 7.88. The number of hydrogen-bond acceptors (Lipinski definition) is 5. The number of hydrogen-bond donors (Lipinski definition) is 1. The summed E-state index contributed by atoms with van der Waals surface area (Å²) in [6, 6.07) is 9.04. The van der Waals surface area contributed by atoms with Crippen molar-refractivity contribution in [2.45, 2.75) is 24.6 Å². The average molecular weight is 332 g/mol. The molecule has 23 heavy (non-hydrogen) atoms. The third-order valence-corrected chi connectivity index (χ3v) is 5.85. The average Bonchev–Trinajstić information content (AvgIpc) is 3.06. The Balaban J connectivity index is 1.85. The van der Waals surface area contributed by atoms with Crippen molar-refractivity contribution in [2.75, 3.05) is 18.9 Å². The summed E-state index contributed by atoms with van der Waals surface area (Å²) in [7, 11) is -1.61. The van der Waals surface area contributed by atoms with Crippen LogP contribution in [0, 0.1) is 0 Å². The first-order valence-corrected chi connectivity index (χ1v) is 9.24. The lowest BCUT2D eigenvalue weighted by Gasteiger charge is -2.23. The maximum absolute atomic E-state index is 12.8. The molecular formula is C16H20N4O2S. The summed E-state index contributed by atoms with van der Waals surface area (Å²) in [6.07, 6.45) is 4.89. The first-order chi connectivity index (χ1) is 11.1. The maximum Gasteiger partial charge on any atom is 0.218 e. The molecule has 0 spiro atoms. The van der Waals surface area contributed by atoms with Gasteiger partial charge in [0, 0.05) is 13.6 Å². The zero-order valence-corrected chi connectivity index (χ0v) is 13.8. The third kappa shape index (κ3) is 3.51. The fourth-order valence-corrected chi connectivity index (χ4v) is 4.69. The van der Waals surface area contributed by atoms with Crippen molar-refractivity contribution in [3.63, 3.8) is 0 Å². The van der Waals surface area contributed by atoms with Gasteiger partial charge in [0.05, 0.1) is 29.9 Å². The Kier molecular flexibility index (Phi) is 4.58. The van der Waals surface area contributed by atoms with E-state index in [1.54, 1.807) is 23.7 Å². The van der Waals surface area contributed by atoms with Crippen LogP contribution in [0.4, 0.5) is 5.82 Å². The van der Waals surface area contributed by atoms with Crippen molar-refractivity contribution in [1.82, 2.24) is 14.3 Å². The highest BCUT2D eigenvalue weighted by Gasteiger charge is 2.36. The first-order valence-electron chi connectivity index (χ1n) is 7.63. The van der Waals surface area contributed by atoms with E-state index in [2.05, 4.69) is 15.3 Å². The smallest absolute Gasteiger partial charge is 0.218 e. The van der Waals surface area contributed by atoms with Crippen molar-refractivity contribution in [1.29, 1.82) is 0 Å². The molecule has 2 heterocycles. The summed E-state index contributed by atoms with van der Waals surface area (Å²) in [6.45, 7) is 0.533. The lowest BCUT2D eigenvalue weighted by Crippen LogP contribution is -2.32. The number of anilines is 1. The molecule has 1 saturated heterocycles. The molecule has 0 aliphatic carbocycles. The van der Waals surface area contributed by atoms with Crippen molar-refractivity contribution in [3.8, 4) is 0 Å². The van der Waals surface area contributed by atoms with Gasteiger partial charge in [-0.15, -0.1) is 0 Å². The standard InChI is InChI=1S/C16H20N4O2S/c1-17-16-11-18-10-14(19-16)15-8-5-9-20(15)23(21,22)12-13-6-3-2-4-7-13/h2-4,6-7,10-11,15H,5,8-9,12H2,1H3,(H,17,19). The molecular weight excluding hydrogens is 312 g/mol. The molecule has 0 radical (unpaired) electrons. The molecule has 122 valence electrons. The van der Waals surface area contributed by atoms with E-state index < -0.39 is 10.0 Å². The van der Waals surface area contributed by atoms with E-state index in [0.29, 0.717) is 18.1 Å². The molecule has 2 aromatic rings. The Labute approximate surface area is 136 Å². The molecule has 0 amide bonds. The van der Waals surface area contributed by atoms with Gasteiger partial charge in [0.15, 0.2) is 0 Å². The van der Waals surface area contributed by atoms with Gasteiger partial charge in [0.2, 0.25) is 10.0 Å².